The molecular formula is C14H20N4O2. The van der Waals surface area contributed by atoms with Gasteiger partial charge >= 0.3 is 6.09 Å². The van der Waals surface area contributed by atoms with Crippen molar-refractivity contribution in [2.75, 3.05) is 24.5 Å². The lowest BCUT2D eigenvalue weighted by Crippen LogP contribution is -2.28. The summed E-state index contributed by atoms with van der Waals surface area (Å²) in [5, 5.41) is 3.35. The molecule has 0 spiro atoms. The van der Waals surface area contributed by atoms with Gasteiger partial charge in [0.2, 0.25) is 0 Å². The van der Waals surface area contributed by atoms with Crippen molar-refractivity contribution in [3.05, 3.63) is 17.6 Å². The fourth-order valence-corrected chi connectivity index (χ4v) is 2.83. The zero-order valence-electron chi connectivity index (χ0n) is 11.9. The summed E-state index contributed by atoms with van der Waals surface area (Å²) in [4.78, 5) is 22.4. The van der Waals surface area contributed by atoms with Crippen LogP contribution in [0.3, 0.4) is 0 Å². The lowest BCUT2D eigenvalue weighted by atomic mass is 9.94. The van der Waals surface area contributed by atoms with Gasteiger partial charge in [0.25, 0.3) is 0 Å². The Bertz CT molecular complexity index is 514. The second kappa shape index (κ2) is 5.36. The van der Waals surface area contributed by atoms with Crippen molar-refractivity contribution in [1.29, 1.82) is 0 Å². The van der Waals surface area contributed by atoms with Gasteiger partial charge in [-0.1, -0.05) is 0 Å². The molecule has 1 atom stereocenters. The Morgan fingerprint density at radius 2 is 2.10 bits per heavy atom. The molecule has 2 aliphatic rings. The fraction of sp³-hybridized carbons (Fsp3) is 0.643. The number of carbonyl (C=O) groups is 1. The first kappa shape index (κ1) is 13.3. The molecule has 0 unspecified atom stereocenters. The molecule has 1 aromatic heterocycles. The molecule has 0 radical (unpaired) electrons. The number of aromatic nitrogens is 2. The first-order chi connectivity index (χ1) is 9.63. The summed E-state index contributed by atoms with van der Waals surface area (Å²) in [5.74, 6) is 1.83. The third-order valence-electron chi connectivity index (χ3n) is 3.84. The van der Waals surface area contributed by atoms with Crippen molar-refractivity contribution in [2.24, 2.45) is 0 Å². The molecule has 6 heteroatoms. The molecule has 108 valence electrons. The highest BCUT2D eigenvalue weighted by Gasteiger charge is 2.31. The quantitative estimate of drug-likeness (QED) is 0.888. The number of rotatable bonds is 2. The van der Waals surface area contributed by atoms with Gasteiger partial charge in [-0.25, -0.2) is 14.8 Å². The van der Waals surface area contributed by atoms with Crippen molar-refractivity contribution in [2.45, 2.75) is 38.7 Å². The van der Waals surface area contributed by atoms with Gasteiger partial charge in [-0.2, -0.15) is 0 Å². The Labute approximate surface area is 118 Å². The summed E-state index contributed by atoms with van der Waals surface area (Å²) in [7, 11) is 0. The molecule has 3 heterocycles. The smallest absolute Gasteiger partial charge is 0.415 e. The normalized spacial score (nSPS) is 24.0. The van der Waals surface area contributed by atoms with Gasteiger partial charge in [-0.3, -0.25) is 4.90 Å². The number of ether oxygens (including phenoxy) is 1. The van der Waals surface area contributed by atoms with Crippen LogP contribution in [0.1, 0.15) is 37.2 Å². The summed E-state index contributed by atoms with van der Waals surface area (Å²) >= 11 is 0. The number of carbonyl (C=O) groups excluding carboxylic acids is 1. The standard InChI is InChI=1S/C14H20N4O2/c1-9-8-18(14(19)20-9)13-7-12(16-10(2)17-13)11-3-5-15-6-4-11/h7,9,11,15H,3-6,8H2,1-2H3/t9-/m0/s1. The van der Waals surface area contributed by atoms with E-state index in [1.54, 1.807) is 4.90 Å². The molecule has 2 saturated heterocycles. The van der Waals surface area contributed by atoms with Crippen LogP contribution in [0.2, 0.25) is 0 Å². The summed E-state index contributed by atoms with van der Waals surface area (Å²) in [5.41, 5.74) is 1.04. The third kappa shape index (κ3) is 2.60. The number of piperidine rings is 1. The summed E-state index contributed by atoms with van der Waals surface area (Å²) in [6.07, 6.45) is 1.76. The maximum Gasteiger partial charge on any atom is 0.415 e. The zero-order chi connectivity index (χ0) is 14.1. The predicted octanol–water partition coefficient (Wildman–Crippen LogP) is 1.60. The monoisotopic (exact) mass is 276 g/mol. The summed E-state index contributed by atoms with van der Waals surface area (Å²) in [6, 6.07) is 1.95. The SMILES string of the molecule is Cc1nc(C2CCNCC2)cc(N2C[C@H](C)OC2=O)n1. The number of anilines is 1. The zero-order valence-corrected chi connectivity index (χ0v) is 11.9. The van der Waals surface area contributed by atoms with E-state index in [1.807, 2.05) is 19.9 Å². The minimum atomic E-state index is -0.313. The Balaban J connectivity index is 1.88. The molecule has 1 aromatic rings. The second-order valence-electron chi connectivity index (χ2n) is 5.53. The Morgan fingerprint density at radius 3 is 2.75 bits per heavy atom. The van der Waals surface area contributed by atoms with E-state index in [2.05, 4.69) is 15.3 Å². The molecule has 1 N–H and O–H groups in total. The van der Waals surface area contributed by atoms with Crippen LogP contribution < -0.4 is 10.2 Å². The van der Waals surface area contributed by atoms with E-state index in [0.29, 0.717) is 24.1 Å². The van der Waals surface area contributed by atoms with Crippen LogP contribution in [-0.2, 0) is 4.74 Å². The number of aryl methyl sites for hydroxylation is 1. The summed E-state index contributed by atoms with van der Waals surface area (Å²) < 4.78 is 5.17. The largest absolute Gasteiger partial charge is 0.444 e. The molecule has 0 saturated carbocycles. The van der Waals surface area contributed by atoms with Crippen LogP contribution >= 0.6 is 0 Å². The van der Waals surface area contributed by atoms with E-state index in [0.717, 1.165) is 31.6 Å². The Hall–Kier alpha value is -1.69. The van der Waals surface area contributed by atoms with Crippen LogP contribution in [0.25, 0.3) is 0 Å². The van der Waals surface area contributed by atoms with E-state index >= 15 is 0 Å². The second-order valence-corrected chi connectivity index (χ2v) is 5.53. The number of nitrogens with zero attached hydrogens (tertiary/aromatic N) is 3. The molecule has 20 heavy (non-hydrogen) atoms. The lowest BCUT2D eigenvalue weighted by molar-refractivity contribution is 0.150. The van der Waals surface area contributed by atoms with Gasteiger partial charge in [0.05, 0.1) is 6.54 Å². The minimum Gasteiger partial charge on any atom is -0.444 e. The number of amides is 1. The van der Waals surface area contributed by atoms with Gasteiger partial charge in [0.1, 0.15) is 17.7 Å². The molecule has 3 rings (SSSR count). The molecular weight excluding hydrogens is 256 g/mol. The van der Waals surface area contributed by atoms with Crippen LogP contribution in [0.15, 0.2) is 6.07 Å². The van der Waals surface area contributed by atoms with Gasteiger partial charge in [0.15, 0.2) is 0 Å². The Morgan fingerprint density at radius 1 is 1.35 bits per heavy atom. The van der Waals surface area contributed by atoms with E-state index < -0.39 is 0 Å². The summed E-state index contributed by atoms with van der Waals surface area (Å²) in [6.45, 7) is 6.36. The van der Waals surface area contributed by atoms with E-state index in [-0.39, 0.29) is 12.2 Å². The van der Waals surface area contributed by atoms with Crippen LogP contribution in [0, 0.1) is 6.92 Å². The molecule has 0 bridgehead atoms. The van der Waals surface area contributed by atoms with E-state index in [1.165, 1.54) is 0 Å². The van der Waals surface area contributed by atoms with Crippen molar-refractivity contribution >= 4 is 11.9 Å². The molecule has 2 aliphatic heterocycles. The maximum atomic E-state index is 11.8. The van der Waals surface area contributed by atoms with Gasteiger partial charge in [-0.05, 0) is 39.8 Å². The van der Waals surface area contributed by atoms with Gasteiger partial charge < -0.3 is 10.1 Å². The Kier molecular flexibility index (Phi) is 3.56. The lowest BCUT2D eigenvalue weighted by Gasteiger charge is -2.23. The fourth-order valence-electron chi connectivity index (χ4n) is 2.83. The average molecular weight is 276 g/mol. The van der Waals surface area contributed by atoms with E-state index in [9.17, 15) is 4.79 Å². The molecule has 0 aromatic carbocycles. The molecule has 0 aliphatic carbocycles. The number of cyclic esters (lactones) is 1. The van der Waals surface area contributed by atoms with Crippen LogP contribution in [0.4, 0.5) is 10.6 Å². The highest BCUT2D eigenvalue weighted by atomic mass is 16.6. The molecule has 1 amide bonds. The predicted molar refractivity (Wildman–Crippen MR) is 74.9 cm³/mol. The third-order valence-corrected chi connectivity index (χ3v) is 3.84. The van der Waals surface area contributed by atoms with Crippen molar-refractivity contribution in [3.8, 4) is 0 Å². The minimum absolute atomic E-state index is 0.0832. The van der Waals surface area contributed by atoms with Crippen molar-refractivity contribution in [1.82, 2.24) is 15.3 Å². The van der Waals surface area contributed by atoms with E-state index in [4.69, 9.17) is 4.74 Å². The number of hydrogen-bond donors (Lipinski definition) is 1. The van der Waals surface area contributed by atoms with Gasteiger partial charge in [0, 0.05) is 17.7 Å². The van der Waals surface area contributed by atoms with Gasteiger partial charge in [-0.15, -0.1) is 0 Å². The first-order valence-corrected chi connectivity index (χ1v) is 7.18. The highest BCUT2D eigenvalue weighted by Crippen LogP contribution is 2.27. The average Bonchev–Trinajstić information content (AvgIpc) is 2.78. The topological polar surface area (TPSA) is 67.3 Å². The molecule has 2 fully saturated rings. The number of hydrogen-bond acceptors (Lipinski definition) is 5. The van der Waals surface area contributed by atoms with Crippen LogP contribution in [0.5, 0.6) is 0 Å². The number of nitrogens with one attached hydrogen (secondary N) is 1. The molecule has 6 nitrogen and oxygen atoms in total. The van der Waals surface area contributed by atoms with Crippen molar-refractivity contribution in [3.63, 3.8) is 0 Å². The maximum absolute atomic E-state index is 11.8. The first-order valence-electron chi connectivity index (χ1n) is 7.18. The highest BCUT2D eigenvalue weighted by molar-refractivity contribution is 5.88. The van der Waals surface area contributed by atoms with Crippen molar-refractivity contribution < 1.29 is 9.53 Å². The van der Waals surface area contributed by atoms with Crippen LogP contribution in [-0.4, -0.2) is 41.8 Å².